The summed E-state index contributed by atoms with van der Waals surface area (Å²) in [5.74, 6) is 0.946. The number of nitrogens with one attached hydrogen (secondary N) is 1. The Kier molecular flexibility index (Phi) is 4.23. The minimum absolute atomic E-state index is 0.0513. The molecule has 0 spiro atoms. The number of rotatable bonds is 6. The molecule has 1 fully saturated rings. The third-order valence-electron chi connectivity index (χ3n) is 3.68. The summed E-state index contributed by atoms with van der Waals surface area (Å²) in [6, 6.07) is 4.52. The summed E-state index contributed by atoms with van der Waals surface area (Å²) in [5.41, 5.74) is 1.04. The van der Waals surface area contributed by atoms with E-state index in [1.807, 2.05) is 25.3 Å². The molecule has 1 heterocycles. The van der Waals surface area contributed by atoms with Crippen molar-refractivity contribution in [2.45, 2.75) is 58.1 Å². The normalized spacial score (nSPS) is 17.6. The molecule has 0 aliphatic heterocycles. The van der Waals surface area contributed by atoms with Gasteiger partial charge in [0.05, 0.1) is 5.69 Å². The SMILES string of the molecule is Cc1ncccc1OC1(CCNC(C)C)CCC1. The lowest BCUT2D eigenvalue weighted by molar-refractivity contribution is -0.0154. The van der Waals surface area contributed by atoms with Crippen LogP contribution in [0.1, 0.15) is 45.2 Å². The molecular formula is C15H24N2O. The summed E-state index contributed by atoms with van der Waals surface area (Å²) in [5, 5.41) is 3.47. The van der Waals surface area contributed by atoms with Crippen molar-refractivity contribution >= 4 is 0 Å². The molecule has 3 heteroatoms. The first-order valence-corrected chi connectivity index (χ1v) is 6.95. The Morgan fingerprint density at radius 2 is 2.22 bits per heavy atom. The fourth-order valence-electron chi connectivity index (χ4n) is 2.37. The van der Waals surface area contributed by atoms with Crippen LogP contribution in [-0.2, 0) is 0 Å². The van der Waals surface area contributed by atoms with E-state index in [9.17, 15) is 0 Å². The standard InChI is InChI=1S/C15H24N2O/c1-12(2)16-11-9-15(7-5-8-15)18-14-6-4-10-17-13(14)3/h4,6,10,12,16H,5,7-9,11H2,1-3H3. The molecule has 0 bridgehead atoms. The summed E-state index contributed by atoms with van der Waals surface area (Å²) in [4.78, 5) is 4.29. The molecule has 1 N–H and O–H groups in total. The highest BCUT2D eigenvalue weighted by Crippen LogP contribution is 2.39. The highest BCUT2D eigenvalue weighted by atomic mass is 16.5. The Hall–Kier alpha value is -1.09. The largest absolute Gasteiger partial charge is 0.485 e. The summed E-state index contributed by atoms with van der Waals surface area (Å²) in [7, 11) is 0. The van der Waals surface area contributed by atoms with Gasteiger partial charge in [-0.2, -0.15) is 0 Å². The molecule has 3 nitrogen and oxygen atoms in total. The number of nitrogens with zero attached hydrogens (tertiary/aromatic N) is 1. The number of pyridine rings is 1. The van der Waals surface area contributed by atoms with Crippen LogP contribution < -0.4 is 10.1 Å². The van der Waals surface area contributed by atoms with Gasteiger partial charge in [0.2, 0.25) is 0 Å². The van der Waals surface area contributed by atoms with Crippen LogP contribution in [-0.4, -0.2) is 23.2 Å². The molecule has 1 aromatic heterocycles. The number of hydrogen-bond acceptors (Lipinski definition) is 3. The van der Waals surface area contributed by atoms with Crippen LogP contribution in [0.3, 0.4) is 0 Å². The van der Waals surface area contributed by atoms with Crippen LogP contribution in [0.5, 0.6) is 5.75 Å². The molecule has 0 atom stereocenters. The maximum absolute atomic E-state index is 6.25. The second-order valence-electron chi connectivity index (χ2n) is 5.58. The van der Waals surface area contributed by atoms with Crippen LogP contribution in [0.25, 0.3) is 0 Å². The van der Waals surface area contributed by atoms with Crippen molar-refractivity contribution in [2.75, 3.05) is 6.54 Å². The van der Waals surface area contributed by atoms with Gasteiger partial charge in [0.15, 0.2) is 0 Å². The minimum atomic E-state index is 0.0513. The molecule has 0 radical (unpaired) electrons. The van der Waals surface area contributed by atoms with Gasteiger partial charge in [0, 0.05) is 12.2 Å². The van der Waals surface area contributed by atoms with Crippen molar-refractivity contribution in [2.24, 2.45) is 0 Å². The molecule has 1 saturated carbocycles. The fraction of sp³-hybridized carbons (Fsp3) is 0.667. The summed E-state index contributed by atoms with van der Waals surface area (Å²) in [6.07, 6.45) is 6.51. The number of aryl methyl sites for hydroxylation is 1. The van der Waals surface area contributed by atoms with E-state index in [-0.39, 0.29) is 5.60 Å². The zero-order valence-electron chi connectivity index (χ0n) is 11.7. The van der Waals surface area contributed by atoms with E-state index in [1.54, 1.807) is 0 Å². The van der Waals surface area contributed by atoms with E-state index in [1.165, 1.54) is 19.3 Å². The molecule has 0 amide bonds. The Morgan fingerprint density at radius 3 is 2.78 bits per heavy atom. The molecule has 0 unspecified atom stereocenters. The first kappa shape index (κ1) is 13.3. The second kappa shape index (κ2) is 5.70. The molecule has 1 aromatic rings. The highest BCUT2D eigenvalue weighted by Gasteiger charge is 2.39. The van der Waals surface area contributed by atoms with Gasteiger partial charge in [-0.3, -0.25) is 4.98 Å². The number of hydrogen-bond donors (Lipinski definition) is 1. The van der Waals surface area contributed by atoms with E-state index in [2.05, 4.69) is 24.1 Å². The summed E-state index contributed by atoms with van der Waals surface area (Å²) >= 11 is 0. The van der Waals surface area contributed by atoms with E-state index in [0.29, 0.717) is 6.04 Å². The van der Waals surface area contributed by atoms with Gasteiger partial charge in [0.1, 0.15) is 11.4 Å². The quantitative estimate of drug-likeness (QED) is 0.840. The van der Waals surface area contributed by atoms with Gasteiger partial charge in [-0.1, -0.05) is 13.8 Å². The van der Waals surface area contributed by atoms with E-state index >= 15 is 0 Å². The van der Waals surface area contributed by atoms with Crippen molar-refractivity contribution in [1.82, 2.24) is 10.3 Å². The Morgan fingerprint density at radius 1 is 1.44 bits per heavy atom. The molecule has 18 heavy (non-hydrogen) atoms. The van der Waals surface area contributed by atoms with E-state index < -0.39 is 0 Å². The van der Waals surface area contributed by atoms with Crippen molar-refractivity contribution in [3.8, 4) is 5.75 Å². The van der Waals surface area contributed by atoms with E-state index in [0.717, 1.165) is 24.4 Å². The summed E-state index contributed by atoms with van der Waals surface area (Å²) in [6.45, 7) is 7.39. The van der Waals surface area contributed by atoms with Gasteiger partial charge in [-0.15, -0.1) is 0 Å². The third kappa shape index (κ3) is 3.22. The van der Waals surface area contributed by atoms with Crippen LogP contribution >= 0.6 is 0 Å². The average Bonchev–Trinajstić information content (AvgIpc) is 2.28. The Bertz CT molecular complexity index is 386. The molecule has 0 aromatic carbocycles. The molecule has 0 saturated heterocycles. The first-order chi connectivity index (χ1) is 8.61. The Labute approximate surface area is 110 Å². The van der Waals surface area contributed by atoms with Gasteiger partial charge in [-0.25, -0.2) is 0 Å². The van der Waals surface area contributed by atoms with Crippen LogP contribution in [0, 0.1) is 6.92 Å². The summed E-state index contributed by atoms with van der Waals surface area (Å²) < 4.78 is 6.25. The second-order valence-corrected chi connectivity index (χ2v) is 5.58. The van der Waals surface area contributed by atoms with Gasteiger partial charge < -0.3 is 10.1 Å². The molecular weight excluding hydrogens is 224 g/mol. The zero-order valence-corrected chi connectivity index (χ0v) is 11.7. The monoisotopic (exact) mass is 248 g/mol. The van der Waals surface area contributed by atoms with Crippen LogP contribution in [0.2, 0.25) is 0 Å². The van der Waals surface area contributed by atoms with Gasteiger partial charge >= 0.3 is 0 Å². The number of ether oxygens (including phenoxy) is 1. The van der Waals surface area contributed by atoms with Crippen LogP contribution in [0.15, 0.2) is 18.3 Å². The topological polar surface area (TPSA) is 34.1 Å². The first-order valence-electron chi connectivity index (χ1n) is 6.95. The van der Waals surface area contributed by atoms with Gasteiger partial charge in [0.25, 0.3) is 0 Å². The lowest BCUT2D eigenvalue weighted by Crippen LogP contribution is -2.46. The van der Waals surface area contributed by atoms with Gasteiger partial charge in [-0.05, 0) is 51.3 Å². The smallest absolute Gasteiger partial charge is 0.141 e. The maximum atomic E-state index is 6.25. The predicted molar refractivity (Wildman–Crippen MR) is 73.9 cm³/mol. The highest BCUT2D eigenvalue weighted by molar-refractivity contribution is 5.26. The molecule has 2 rings (SSSR count). The third-order valence-corrected chi connectivity index (χ3v) is 3.68. The zero-order chi connectivity index (χ0) is 13.0. The van der Waals surface area contributed by atoms with Crippen molar-refractivity contribution < 1.29 is 4.74 Å². The van der Waals surface area contributed by atoms with Crippen molar-refractivity contribution in [1.29, 1.82) is 0 Å². The lowest BCUT2D eigenvalue weighted by Gasteiger charge is -2.42. The average molecular weight is 248 g/mol. The number of aromatic nitrogens is 1. The molecule has 1 aliphatic rings. The van der Waals surface area contributed by atoms with Crippen LogP contribution in [0.4, 0.5) is 0 Å². The van der Waals surface area contributed by atoms with Crippen molar-refractivity contribution in [3.05, 3.63) is 24.0 Å². The lowest BCUT2D eigenvalue weighted by atomic mass is 9.77. The molecule has 100 valence electrons. The molecule has 1 aliphatic carbocycles. The maximum Gasteiger partial charge on any atom is 0.141 e. The fourth-order valence-corrected chi connectivity index (χ4v) is 2.37. The Balaban J connectivity index is 1.94. The predicted octanol–water partition coefficient (Wildman–Crippen LogP) is 3.08. The van der Waals surface area contributed by atoms with Crippen molar-refractivity contribution in [3.63, 3.8) is 0 Å². The minimum Gasteiger partial charge on any atom is -0.485 e. The van der Waals surface area contributed by atoms with E-state index in [4.69, 9.17) is 4.74 Å².